The monoisotopic (exact) mass is 827 g/mol. The second-order valence-electron chi connectivity index (χ2n) is 20.3. The fourth-order valence-electron chi connectivity index (χ4n) is 9.07. The van der Waals surface area contributed by atoms with Crippen LogP contribution >= 0.6 is 0 Å². The van der Waals surface area contributed by atoms with Gasteiger partial charge in [-0.25, -0.2) is 9.83 Å². The zero-order valence-electron chi connectivity index (χ0n) is 38.6. The number of anilines is 4. The van der Waals surface area contributed by atoms with Crippen LogP contribution in [-0.2, 0) is 16.2 Å². The van der Waals surface area contributed by atoms with E-state index in [1.54, 1.807) is 0 Å². The number of hydrogen-bond acceptors (Lipinski definition) is 4. The molecule has 6 nitrogen and oxygen atoms in total. The van der Waals surface area contributed by atoms with Crippen molar-refractivity contribution in [3.8, 4) is 28.4 Å². The Kier molecular flexibility index (Phi) is 10.0. The van der Waals surface area contributed by atoms with Crippen LogP contribution in [0.1, 0.15) is 90.1 Å². The highest BCUT2D eigenvalue weighted by Gasteiger charge is 2.31. The molecule has 0 amide bonds. The number of rotatable bonds is 6. The Bertz CT molecular complexity index is 3070. The lowest BCUT2D eigenvalue weighted by Gasteiger charge is -2.29. The molecule has 3 heterocycles. The van der Waals surface area contributed by atoms with Crippen LogP contribution in [0.25, 0.3) is 43.6 Å². The van der Waals surface area contributed by atoms with Gasteiger partial charge in [0.1, 0.15) is 24.0 Å². The summed E-state index contributed by atoms with van der Waals surface area (Å²) >= 11 is 0. The predicted molar refractivity (Wildman–Crippen MR) is 264 cm³/mol. The summed E-state index contributed by atoms with van der Waals surface area (Å²) in [5.74, 6) is 2.40. The van der Waals surface area contributed by atoms with Crippen molar-refractivity contribution in [2.24, 2.45) is 0 Å². The number of aromatic nitrogens is 2. The molecule has 316 valence electrons. The van der Waals surface area contributed by atoms with Gasteiger partial charge in [-0.05, 0) is 125 Å². The zero-order valence-corrected chi connectivity index (χ0v) is 38.6. The van der Waals surface area contributed by atoms with E-state index in [2.05, 4.69) is 205 Å². The molecule has 6 aromatic carbocycles. The minimum absolute atomic E-state index is 0.0154. The number of nitrogens with zero attached hydrogens (tertiary/aromatic N) is 5. The van der Waals surface area contributed by atoms with E-state index in [-0.39, 0.29) is 16.2 Å². The molecule has 1 aliphatic heterocycles. The van der Waals surface area contributed by atoms with Gasteiger partial charge in [-0.2, -0.15) is 0 Å². The fourth-order valence-corrected chi connectivity index (χ4v) is 9.07. The topological polar surface area (TPSA) is 37.9 Å². The molecule has 0 saturated heterocycles. The summed E-state index contributed by atoms with van der Waals surface area (Å²) in [5.41, 5.74) is 15.6. The molecule has 8 aromatic rings. The predicted octanol–water partition coefficient (Wildman–Crippen LogP) is 15.9. The molecular weight excluding hydrogens is 771 g/mol. The van der Waals surface area contributed by atoms with Crippen LogP contribution in [0.2, 0.25) is 0 Å². The first-order valence-corrected chi connectivity index (χ1v) is 22.0. The Balaban J connectivity index is 1.14. The number of pyridine rings is 1. The largest absolute Gasteiger partial charge is 0.457 e. The van der Waals surface area contributed by atoms with Crippen molar-refractivity contribution in [3.05, 3.63) is 173 Å². The van der Waals surface area contributed by atoms with E-state index in [1.165, 1.54) is 33.3 Å². The summed E-state index contributed by atoms with van der Waals surface area (Å²) < 4.78 is 9.06. The highest BCUT2D eigenvalue weighted by molar-refractivity contribution is 6.09. The zero-order chi connectivity index (χ0) is 44.6. The van der Waals surface area contributed by atoms with Crippen molar-refractivity contribution in [1.82, 2.24) is 9.55 Å². The van der Waals surface area contributed by atoms with Crippen molar-refractivity contribution in [3.63, 3.8) is 0 Å². The van der Waals surface area contributed by atoms with Gasteiger partial charge >= 0.3 is 0 Å². The van der Waals surface area contributed by atoms with Gasteiger partial charge in [-0.1, -0.05) is 122 Å². The van der Waals surface area contributed by atoms with Crippen LogP contribution in [0.3, 0.4) is 0 Å². The second kappa shape index (κ2) is 15.2. The molecule has 0 fully saturated rings. The van der Waals surface area contributed by atoms with Crippen LogP contribution < -0.4 is 14.5 Å². The van der Waals surface area contributed by atoms with Crippen molar-refractivity contribution in [2.75, 3.05) is 16.5 Å². The third-order valence-corrected chi connectivity index (χ3v) is 12.6. The first-order valence-electron chi connectivity index (χ1n) is 22.0. The number of para-hydroxylation sites is 1. The Labute approximate surface area is 373 Å². The minimum Gasteiger partial charge on any atom is -0.457 e. The molecule has 6 heteroatoms. The number of fused-ring (bicyclic) bond motifs is 4. The van der Waals surface area contributed by atoms with Crippen LogP contribution in [-0.4, -0.2) is 16.2 Å². The molecule has 0 aliphatic carbocycles. The second-order valence-corrected chi connectivity index (χ2v) is 20.3. The molecule has 1 aliphatic rings. The average Bonchev–Trinajstić information content (AvgIpc) is 3.78. The lowest BCUT2D eigenvalue weighted by molar-refractivity contribution is 0.483. The summed E-state index contributed by atoms with van der Waals surface area (Å²) in [4.78, 5) is 13.5. The van der Waals surface area contributed by atoms with E-state index in [4.69, 9.17) is 16.3 Å². The van der Waals surface area contributed by atoms with E-state index < -0.39 is 0 Å². The van der Waals surface area contributed by atoms with Crippen molar-refractivity contribution >= 4 is 50.2 Å². The molecule has 0 bridgehead atoms. The van der Waals surface area contributed by atoms with Gasteiger partial charge in [0.25, 0.3) is 0 Å². The lowest BCUT2D eigenvalue weighted by atomic mass is 9.80. The molecule has 0 atom stereocenters. The Morgan fingerprint density at radius 2 is 1.21 bits per heavy atom. The maximum atomic E-state index is 7.66. The normalized spacial score (nSPS) is 13.2. The molecule has 63 heavy (non-hydrogen) atoms. The number of aryl methyl sites for hydroxylation is 2. The highest BCUT2D eigenvalue weighted by atomic mass is 16.5. The number of hydrogen-bond donors (Lipinski definition) is 0. The van der Waals surface area contributed by atoms with Crippen LogP contribution in [0.4, 0.5) is 28.4 Å². The molecule has 0 unspecified atom stereocenters. The van der Waals surface area contributed by atoms with Crippen LogP contribution in [0.15, 0.2) is 134 Å². The van der Waals surface area contributed by atoms with Gasteiger partial charge in [0.2, 0.25) is 0 Å². The van der Waals surface area contributed by atoms with Gasteiger partial charge in [-0.15, -0.1) is 0 Å². The minimum atomic E-state index is -0.0231. The lowest BCUT2D eigenvalue weighted by Crippen LogP contribution is -2.25. The Hall–Kier alpha value is -6.84. The molecule has 0 spiro atoms. The quantitative estimate of drug-likeness (QED) is 0.157. The maximum absolute atomic E-state index is 7.66. The average molecular weight is 828 g/mol. The summed E-state index contributed by atoms with van der Waals surface area (Å²) in [6.07, 6.45) is 1.92. The van der Waals surface area contributed by atoms with Gasteiger partial charge in [0.05, 0.1) is 29.0 Å². The summed E-state index contributed by atoms with van der Waals surface area (Å²) in [6, 6.07) is 45.7. The first-order chi connectivity index (χ1) is 29.9. The van der Waals surface area contributed by atoms with Crippen LogP contribution in [0.5, 0.6) is 11.5 Å². The van der Waals surface area contributed by atoms with Crippen LogP contribution in [0, 0.1) is 20.4 Å². The third kappa shape index (κ3) is 7.71. The third-order valence-electron chi connectivity index (χ3n) is 12.6. The number of ether oxygens (including phenoxy) is 1. The Morgan fingerprint density at radius 3 is 1.89 bits per heavy atom. The molecular formula is C57H57N5O. The maximum Gasteiger partial charge on any atom is 0.187 e. The van der Waals surface area contributed by atoms with E-state index in [0.29, 0.717) is 12.4 Å². The first kappa shape index (κ1) is 41.5. The van der Waals surface area contributed by atoms with Gasteiger partial charge in [-0.3, -0.25) is 4.57 Å². The number of benzene rings is 6. The van der Waals surface area contributed by atoms with Gasteiger partial charge in [0, 0.05) is 40.5 Å². The summed E-state index contributed by atoms with van der Waals surface area (Å²) in [5, 5.41) is 2.33. The molecule has 2 aromatic heterocycles. The van der Waals surface area contributed by atoms with E-state index >= 15 is 0 Å². The van der Waals surface area contributed by atoms with Gasteiger partial charge in [0.15, 0.2) is 5.69 Å². The molecule has 0 saturated carbocycles. The smallest absolute Gasteiger partial charge is 0.187 e. The fraction of sp³-hybridized carbons (Fsp3) is 0.263. The van der Waals surface area contributed by atoms with E-state index in [1.807, 2.05) is 24.4 Å². The van der Waals surface area contributed by atoms with Gasteiger partial charge < -0.3 is 14.5 Å². The highest BCUT2D eigenvalue weighted by Crippen LogP contribution is 2.49. The summed E-state index contributed by atoms with van der Waals surface area (Å²) in [6.45, 7) is 33.0. The SMILES string of the molecule is [C-]#[N+]c1cc(C)c(-c2ccc3c(c2)N(c2cccc(Oc4ccc5c6ccccc6n(-c6cc(C(C)(C)C)ccn6)c5c4)c2)CN3c2cc(C(C)(C)C)cc(C(C)(C)C)c2)c(C)c1. The molecule has 0 radical (unpaired) electrons. The summed E-state index contributed by atoms with van der Waals surface area (Å²) in [7, 11) is 0. The van der Waals surface area contributed by atoms with Crippen molar-refractivity contribution in [1.29, 1.82) is 0 Å². The Morgan fingerprint density at radius 1 is 0.556 bits per heavy atom. The molecule has 0 N–H and O–H groups in total. The molecule has 9 rings (SSSR count). The van der Waals surface area contributed by atoms with Crippen molar-refractivity contribution in [2.45, 2.75) is 92.4 Å². The van der Waals surface area contributed by atoms with E-state index in [0.717, 1.165) is 67.5 Å². The standard InChI is InChI=1S/C57H57N5O/c1-36-26-42(58-12)27-37(2)54(36)38-20-23-50-52(28-38)60(35-61(50)44-30-40(56(6,7)8)29-41(31-44)57(9,10)11)43-16-15-17-45(33-43)63-46-21-22-48-47-18-13-14-19-49(47)62(51(48)34-46)53-32-39(24-25-59-53)55(3,4)5/h13-34H,35H2,1-11H3. The van der Waals surface area contributed by atoms with E-state index in [9.17, 15) is 0 Å². The van der Waals surface area contributed by atoms with Crippen molar-refractivity contribution < 1.29 is 4.74 Å².